The van der Waals surface area contributed by atoms with Gasteiger partial charge < -0.3 is 25.6 Å². The minimum Gasteiger partial charge on any atom is -0.482 e. The summed E-state index contributed by atoms with van der Waals surface area (Å²) in [5.74, 6) is -0.814. The standard InChI is InChI=1S/C44H52Cl2FN9O4/c1-27(40-34(45)10-11-35(47)41(40)46)60-38-20-28(21-49-42(38)48)29-22-50-56(23-29)31-14-18-53(19-15-31)16-5-3-2-4-6-17-54-24-30(25-54)51-36-9-7-8-32-33(36)26-55(44(32)59)37-12-13-39(57)52-43(37)58/h7-11,20-23,27,30-31,37,51H,2-6,12-19,24-26H2,1H3,(H2,48,49)(H,52,57,58)/t27-,37?/m1/s1. The van der Waals surface area contributed by atoms with E-state index in [2.05, 4.69) is 36.3 Å². The minimum atomic E-state index is -0.661. The van der Waals surface area contributed by atoms with E-state index in [1.165, 1.54) is 44.2 Å². The van der Waals surface area contributed by atoms with Crippen LogP contribution in [0.15, 0.2) is 55.0 Å². The molecule has 0 bridgehead atoms. The van der Waals surface area contributed by atoms with Gasteiger partial charge in [0.15, 0.2) is 11.6 Å². The first-order valence-corrected chi connectivity index (χ1v) is 21.9. The number of piperidine rings is 2. The maximum absolute atomic E-state index is 14.1. The van der Waals surface area contributed by atoms with Crippen LogP contribution in [0.3, 0.4) is 0 Å². The summed E-state index contributed by atoms with van der Waals surface area (Å²) in [5, 5.41) is 11.0. The number of likely N-dealkylation sites (tertiary alicyclic amines) is 2. The third-order valence-electron chi connectivity index (χ3n) is 12.4. The van der Waals surface area contributed by atoms with E-state index in [9.17, 15) is 18.8 Å². The maximum atomic E-state index is 14.1. The van der Waals surface area contributed by atoms with Crippen LogP contribution in [0.25, 0.3) is 11.1 Å². The molecule has 8 rings (SSSR count). The van der Waals surface area contributed by atoms with Gasteiger partial charge >= 0.3 is 0 Å². The Morgan fingerprint density at radius 3 is 2.48 bits per heavy atom. The molecule has 3 amide bonds. The summed E-state index contributed by atoms with van der Waals surface area (Å²) in [5.41, 5.74) is 10.8. The van der Waals surface area contributed by atoms with Crippen LogP contribution >= 0.6 is 23.2 Å². The molecule has 0 spiro atoms. The van der Waals surface area contributed by atoms with Gasteiger partial charge in [0, 0.05) is 90.1 Å². The number of pyridine rings is 1. The molecule has 13 nitrogen and oxygen atoms in total. The van der Waals surface area contributed by atoms with Gasteiger partial charge in [-0.25, -0.2) is 9.37 Å². The molecule has 4 N–H and O–H groups in total. The Balaban J connectivity index is 0.702. The lowest BCUT2D eigenvalue weighted by molar-refractivity contribution is -0.136. The fraction of sp³-hybridized carbons (Fsp3) is 0.477. The van der Waals surface area contributed by atoms with Crippen molar-refractivity contribution in [3.8, 4) is 16.9 Å². The number of nitrogens with zero attached hydrogens (tertiary/aromatic N) is 6. The van der Waals surface area contributed by atoms with Gasteiger partial charge in [-0.2, -0.15) is 5.10 Å². The fourth-order valence-corrected chi connectivity index (χ4v) is 9.63. The Morgan fingerprint density at radius 2 is 1.72 bits per heavy atom. The van der Waals surface area contributed by atoms with Crippen molar-refractivity contribution >= 4 is 52.4 Å². The summed E-state index contributed by atoms with van der Waals surface area (Å²) in [6, 6.07) is 10.3. The van der Waals surface area contributed by atoms with Gasteiger partial charge in [0.1, 0.15) is 18.0 Å². The van der Waals surface area contributed by atoms with Crippen molar-refractivity contribution < 1.29 is 23.5 Å². The number of unbranched alkanes of at least 4 members (excludes halogenated alkanes) is 4. The number of carbonyl (C=O) groups excluding carboxylic acids is 3. The number of anilines is 2. The molecule has 4 aromatic rings. The van der Waals surface area contributed by atoms with Gasteiger partial charge in [0.2, 0.25) is 11.8 Å². The number of aromatic nitrogens is 3. The molecule has 60 heavy (non-hydrogen) atoms. The highest BCUT2D eigenvalue weighted by Gasteiger charge is 2.40. The third kappa shape index (κ3) is 9.26. The number of halogens is 3. The number of imide groups is 1. The summed E-state index contributed by atoms with van der Waals surface area (Å²) in [6.45, 7) is 8.39. The van der Waals surface area contributed by atoms with Gasteiger partial charge in [-0.1, -0.05) is 48.5 Å². The Morgan fingerprint density at radius 1 is 0.967 bits per heavy atom. The molecule has 2 aromatic heterocycles. The van der Waals surface area contributed by atoms with E-state index in [0.29, 0.717) is 46.9 Å². The number of benzene rings is 2. The highest BCUT2D eigenvalue weighted by atomic mass is 35.5. The fourth-order valence-electron chi connectivity index (χ4n) is 8.95. The van der Waals surface area contributed by atoms with Crippen LogP contribution in [-0.4, -0.2) is 98.5 Å². The molecule has 2 atom stereocenters. The summed E-state index contributed by atoms with van der Waals surface area (Å²) in [4.78, 5) is 48.3. The zero-order valence-corrected chi connectivity index (χ0v) is 35.4. The van der Waals surface area contributed by atoms with E-state index in [1.807, 2.05) is 30.5 Å². The van der Waals surface area contributed by atoms with Crippen molar-refractivity contribution in [2.45, 2.75) is 95.5 Å². The predicted molar refractivity (Wildman–Crippen MR) is 229 cm³/mol. The zero-order valence-electron chi connectivity index (χ0n) is 33.8. The van der Waals surface area contributed by atoms with Crippen molar-refractivity contribution in [1.82, 2.24) is 34.8 Å². The zero-order chi connectivity index (χ0) is 41.9. The Kier molecular flexibility index (Phi) is 12.9. The lowest BCUT2D eigenvalue weighted by Gasteiger charge is -2.40. The van der Waals surface area contributed by atoms with Crippen molar-refractivity contribution in [3.05, 3.63) is 87.5 Å². The third-order valence-corrected chi connectivity index (χ3v) is 13.1. The van der Waals surface area contributed by atoms with Crippen molar-refractivity contribution in [2.75, 3.05) is 50.3 Å². The molecule has 3 fully saturated rings. The van der Waals surface area contributed by atoms with Gasteiger partial charge in [-0.15, -0.1) is 0 Å². The number of fused-ring (bicyclic) bond motifs is 1. The molecule has 2 aromatic carbocycles. The van der Waals surface area contributed by atoms with Crippen LogP contribution in [0.5, 0.6) is 5.75 Å². The van der Waals surface area contributed by atoms with Crippen LogP contribution in [0.4, 0.5) is 15.9 Å². The first-order valence-electron chi connectivity index (χ1n) is 21.1. The Labute approximate surface area is 359 Å². The maximum Gasteiger partial charge on any atom is 0.255 e. The molecular formula is C44H52Cl2FN9O4. The van der Waals surface area contributed by atoms with Crippen molar-refractivity contribution in [3.63, 3.8) is 0 Å². The van der Waals surface area contributed by atoms with E-state index >= 15 is 0 Å². The average Bonchev–Trinajstić information content (AvgIpc) is 3.85. The highest BCUT2D eigenvalue weighted by molar-refractivity contribution is 6.36. The largest absolute Gasteiger partial charge is 0.482 e. The van der Waals surface area contributed by atoms with E-state index in [4.69, 9.17) is 38.8 Å². The summed E-state index contributed by atoms with van der Waals surface area (Å²) in [6.07, 6.45) is 13.7. The first-order chi connectivity index (χ1) is 29.0. The average molecular weight is 861 g/mol. The second-order valence-electron chi connectivity index (χ2n) is 16.5. The van der Waals surface area contributed by atoms with Crippen LogP contribution in [0.2, 0.25) is 10.0 Å². The van der Waals surface area contributed by atoms with Gasteiger partial charge in [0.25, 0.3) is 5.91 Å². The van der Waals surface area contributed by atoms with Gasteiger partial charge in [-0.3, -0.25) is 29.3 Å². The lowest BCUT2D eigenvalue weighted by atomic mass is 10.0. The molecular weight excluding hydrogens is 808 g/mol. The number of carbonyl (C=O) groups is 3. The topological polar surface area (TPSA) is 151 Å². The predicted octanol–water partition coefficient (Wildman–Crippen LogP) is 7.26. The van der Waals surface area contributed by atoms with E-state index < -0.39 is 18.0 Å². The molecule has 3 saturated heterocycles. The summed E-state index contributed by atoms with van der Waals surface area (Å²) in [7, 11) is 0. The summed E-state index contributed by atoms with van der Waals surface area (Å²) < 4.78 is 22.3. The summed E-state index contributed by atoms with van der Waals surface area (Å²) >= 11 is 12.5. The minimum absolute atomic E-state index is 0.0804. The molecule has 6 heterocycles. The molecule has 0 saturated carbocycles. The smallest absolute Gasteiger partial charge is 0.255 e. The molecule has 1 unspecified atom stereocenters. The highest BCUT2D eigenvalue weighted by Crippen LogP contribution is 2.38. The van der Waals surface area contributed by atoms with Crippen LogP contribution < -0.4 is 21.1 Å². The van der Waals surface area contributed by atoms with Crippen LogP contribution in [-0.2, 0) is 16.1 Å². The SMILES string of the molecule is C[C@@H](Oc1cc(-c2cnn(C3CCN(CCCCCCCN4CC(Nc5cccc6c5CN(C5CCC(=O)NC5=O)C6=O)C4)CC3)c2)cnc1N)c1c(Cl)ccc(F)c1Cl. The number of hydrogen-bond donors (Lipinski definition) is 3. The number of amides is 3. The number of nitrogen functional groups attached to an aromatic ring is 1. The second-order valence-corrected chi connectivity index (χ2v) is 17.3. The Bertz CT molecular complexity index is 2220. The number of hydrogen-bond acceptors (Lipinski definition) is 10. The molecule has 4 aliphatic heterocycles. The van der Waals surface area contributed by atoms with Crippen molar-refractivity contribution in [1.29, 1.82) is 0 Å². The van der Waals surface area contributed by atoms with Crippen LogP contribution in [0, 0.1) is 5.82 Å². The number of ether oxygens (including phenoxy) is 1. The number of nitrogens with one attached hydrogen (secondary N) is 2. The molecule has 318 valence electrons. The number of nitrogens with two attached hydrogens (primary N) is 1. The quantitative estimate of drug-likeness (QED) is 0.0597. The monoisotopic (exact) mass is 859 g/mol. The molecule has 16 heteroatoms. The second kappa shape index (κ2) is 18.5. The first kappa shape index (κ1) is 42.0. The normalized spacial score (nSPS) is 19.6. The van der Waals surface area contributed by atoms with Gasteiger partial charge in [0.05, 0.1) is 23.3 Å². The number of rotatable bonds is 16. The molecule has 0 aliphatic carbocycles. The van der Waals surface area contributed by atoms with E-state index in [0.717, 1.165) is 74.5 Å². The van der Waals surface area contributed by atoms with E-state index in [1.54, 1.807) is 18.0 Å². The molecule has 0 radical (unpaired) electrons. The van der Waals surface area contributed by atoms with Crippen molar-refractivity contribution in [2.24, 2.45) is 0 Å². The molecule has 4 aliphatic rings. The van der Waals surface area contributed by atoms with Gasteiger partial charge in [-0.05, 0) is 82.4 Å². The Hall–Kier alpha value is -4.76. The van der Waals surface area contributed by atoms with E-state index in [-0.39, 0.29) is 35.0 Å². The van der Waals surface area contributed by atoms with Crippen LogP contribution in [0.1, 0.15) is 98.3 Å². The lowest BCUT2D eigenvalue weighted by Crippen LogP contribution is -2.54.